The third kappa shape index (κ3) is 45.0. The summed E-state index contributed by atoms with van der Waals surface area (Å²) in [4.78, 5) is 294. The van der Waals surface area contributed by atoms with Crippen LogP contribution < -0.4 is 141 Å². The number of aliphatic hydroxyl groups is 1. The molecule has 0 unspecified atom stereocenters. The van der Waals surface area contributed by atoms with Gasteiger partial charge in [-0.15, -0.1) is 0 Å². The maximum Gasteiger partial charge on any atom is 0.305 e. The highest BCUT2D eigenvalue weighted by molar-refractivity contribution is 7.80. The molecule has 0 bridgehead atoms. The molecule has 2 rings (SSSR count). The number of primary amides is 2. The third-order valence-corrected chi connectivity index (χ3v) is 21.3. The number of carbonyl (C=O) groups is 22. The number of phenolic OH excluding ortho intramolecular Hbond substituents is 1. The van der Waals surface area contributed by atoms with Crippen LogP contribution in [-0.4, -0.2) is 346 Å². The molecule has 1 aliphatic heterocycles. The summed E-state index contributed by atoms with van der Waals surface area (Å²) in [7, 11) is 0. The van der Waals surface area contributed by atoms with Crippen molar-refractivity contribution in [3.05, 3.63) is 29.8 Å². The zero-order chi connectivity index (χ0) is 103. The fourth-order valence-electron chi connectivity index (χ4n) is 12.4. The molecule has 136 heavy (non-hydrogen) atoms. The molecular weight excluding hydrogens is 1880 g/mol. The van der Waals surface area contributed by atoms with E-state index in [0.717, 1.165) is 4.90 Å². The lowest BCUT2D eigenvalue weighted by Gasteiger charge is -2.29. The van der Waals surface area contributed by atoms with Crippen molar-refractivity contribution < 1.29 is 126 Å². The van der Waals surface area contributed by atoms with E-state index in [9.17, 15) is 126 Å². The molecule has 1 aromatic carbocycles. The lowest BCUT2D eigenvalue weighted by molar-refractivity contribution is -0.143. The first-order chi connectivity index (χ1) is 64.0. The Hall–Kier alpha value is -13.5. The number of carbonyl (C=O) groups excluding carboxylic acids is 20. The second-order valence-electron chi connectivity index (χ2n) is 30.7. The average Bonchev–Trinajstić information content (AvgIpc) is 1.68. The highest BCUT2D eigenvalue weighted by Crippen LogP contribution is 2.20. The van der Waals surface area contributed by atoms with Gasteiger partial charge in [0.1, 0.15) is 90.3 Å². The van der Waals surface area contributed by atoms with Crippen molar-refractivity contribution in [1.29, 1.82) is 16.2 Å². The number of aromatic hydroxyl groups is 1. The Labute approximate surface area is 800 Å². The number of hydrogen-bond acceptors (Lipinski definition) is 32. The molecule has 56 nitrogen and oxygen atoms in total. The van der Waals surface area contributed by atoms with E-state index in [2.05, 4.69) is 146 Å². The van der Waals surface area contributed by atoms with Crippen LogP contribution in [0.5, 0.6) is 5.75 Å². The van der Waals surface area contributed by atoms with Gasteiger partial charge in [-0.3, -0.25) is 122 Å². The number of thiol groups is 4. The Bertz CT molecular complexity index is 4420. The molecule has 39 N–H and O–H groups in total. The van der Waals surface area contributed by atoms with Gasteiger partial charge in [-0.25, -0.2) is 0 Å². The number of carboxylic acids is 2. The molecule has 1 fully saturated rings. The number of likely N-dealkylation sites (tertiary alicyclic amines) is 1. The van der Waals surface area contributed by atoms with Gasteiger partial charge in [0.25, 0.3) is 0 Å². The molecule has 758 valence electrons. The van der Waals surface area contributed by atoms with Gasteiger partial charge in [-0.05, 0) is 81.9 Å². The highest BCUT2D eigenvalue weighted by Gasteiger charge is 2.42. The Kier molecular flexibility index (Phi) is 54.2. The summed E-state index contributed by atoms with van der Waals surface area (Å²) in [5.41, 5.74) is 32.9. The van der Waals surface area contributed by atoms with Crippen LogP contribution in [-0.2, 0) is 112 Å². The number of nitrogens with two attached hydrogens (primary N) is 6. The van der Waals surface area contributed by atoms with Crippen LogP contribution in [0.1, 0.15) is 103 Å². The van der Waals surface area contributed by atoms with Crippen LogP contribution in [0.15, 0.2) is 24.3 Å². The number of aliphatic hydroxyl groups excluding tert-OH is 1. The minimum atomic E-state index is -2.10. The van der Waals surface area contributed by atoms with E-state index in [1.807, 2.05) is 10.6 Å². The maximum atomic E-state index is 14.2. The molecule has 0 saturated carbocycles. The number of nitrogens with one attached hydrogen (secondary N) is 23. The molecule has 1 aliphatic rings. The fraction of sp³-hybridized carbons (Fsp3) is 0.592. The van der Waals surface area contributed by atoms with Crippen LogP contribution in [0, 0.1) is 22.1 Å². The van der Waals surface area contributed by atoms with E-state index in [-0.39, 0.29) is 108 Å². The third-order valence-electron chi connectivity index (χ3n) is 19.9. The van der Waals surface area contributed by atoms with Gasteiger partial charge in [0.05, 0.1) is 58.1 Å². The molecule has 0 radical (unpaired) electrons. The normalized spacial score (nSPS) is 15.2. The molecule has 20 amide bonds. The molecule has 16 atom stereocenters. The average molecular weight is 2000 g/mol. The second-order valence-corrected chi connectivity index (χ2v) is 32.1. The van der Waals surface area contributed by atoms with E-state index in [4.69, 9.17) is 50.6 Å². The van der Waals surface area contributed by atoms with Gasteiger partial charge in [-0.1, -0.05) is 32.4 Å². The Balaban J connectivity index is 2.18. The van der Waals surface area contributed by atoms with Crippen molar-refractivity contribution in [3.63, 3.8) is 0 Å². The van der Waals surface area contributed by atoms with Crippen molar-refractivity contribution >= 4 is 198 Å². The van der Waals surface area contributed by atoms with E-state index in [1.54, 1.807) is 13.8 Å². The summed E-state index contributed by atoms with van der Waals surface area (Å²) < 4.78 is 0. The first-order valence-corrected chi connectivity index (χ1v) is 44.7. The summed E-state index contributed by atoms with van der Waals surface area (Å²) in [6.45, 7) is -0.120. The summed E-state index contributed by atoms with van der Waals surface area (Å²) in [5, 5.41) is 108. The van der Waals surface area contributed by atoms with E-state index in [0.29, 0.717) is 5.56 Å². The molecule has 0 aromatic heterocycles. The van der Waals surface area contributed by atoms with Crippen molar-refractivity contribution in [2.75, 3.05) is 82.0 Å². The van der Waals surface area contributed by atoms with Crippen LogP contribution in [0.25, 0.3) is 0 Å². The number of carboxylic acid groups (broad SMARTS) is 2. The SMILES string of the molecule is CC[C@H](C)[C@H](NC(=O)[C@H](CS)NC(=O)[C@H](C)NC(=O)CNC(=O)[C@@H]1CCCN1C(=O)[C@H](CS)NC(=O)[C@H](CC(=O)O)NC(=O)[C@H](CO)NC(=O)[C@H](CC(=O)O)NC(=O)[C@H](CCCNC(=N)N)NC(=O)[C@@H](N)CCCNC(=N)N)C(=O)N[C@@H](CS)C(=O)N[C@@H](CCCNC(=N)N)C(=O)NCC(=O)N[C@@H](CC(N)=O)C(=O)NCC(=O)N[C@@H](Cc1ccc(O)cc1)C(=O)N[C@@H](CS)C(=O)NCC(N)=O. The van der Waals surface area contributed by atoms with Crippen LogP contribution in [0.3, 0.4) is 0 Å². The number of rotatable bonds is 63. The van der Waals surface area contributed by atoms with Crippen LogP contribution in [0.4, 0.5) is 0 Å². The summed E-state index contributed by atoms with van der Waals surface area (Å²) in [6.07, 6.45) is -3.20. The molecule has 1 aromatic rings. The number of nitrogens with zero attached hydrogens (tertiary/aromatic N) is 1. The molecule has 0 aliphatic carbocycles. The first-order valence-electron chi connectivity index (χ1n) is 42.2. The van der Waals surface area contributed by atoms with Gasteiger partial charge in [0.15, 0.2) is 17.9 Å². The Morgan fingerprint density at radius 3 is 1.26 bits per heavy atom. The van der Waals surface area contributed by atoms with Gasteiger partial charge >= 0.3 is 11.9 Å². The monoisotopic (exact) mass is 2000 g/mol. The quantitative estimate of drug-likeness (QED) is 0.0125. The molecule has 0 spiro atoms. The summed E-state index contributed by atoms with van der Waals surface area (Å²) in [5.74, 6) is -28.4. The van der Waals surface area contributed by atoms with Crippen molar-refractivity contribution in [1.82, 2.24) is 111 Å². The van der Waals surface area contributed by atoms with Gasteiger partial charge in [0.2, 0.25) is 118 Å². The van der Waals surface area contributed by atoms with Crippen molar-refractivity contribution in [2.24, 2.45) is 40.3 Å². The Morgan fingerprint density at radius 1 is 0.412 bits per heavy atom. The van der Waals surface area contributed by atoms with E-state index in [1.165, 1.54) is 31.2 Å². The van der Waals surface area contributed by atoms with Crippen LogP contribution in [0.2, 0.25) is 0 Å². The van der Waals surface area contributed by atoms with Gasteiger partial charge in [-0.2, -0.15) is 50.5 Å². The second kappa shape index (κ2) is 62.1. The van der Waals surface area contributed by atoms with E-state index >= 15 is 0 Å². The minimum absolute atomic E-state index is 0.00210. The van der Waals surface area contributed by atoms with Crippen molar-refractivity contribution in [3.8, 4) is 5.75 Å². The lowest BCUT2D eigenvalue weighted by Crippen LogP contribution is -2.61. The maximum absolute atomic E-state index is 14.2. The number of benzene rings is 1. The zero-order valence-electron chi connectivity index (χ0n) is 74.4. The number of aliphatic carboxylic acids is 2. The highest BCUT2D eigenvalue weighted by atomic mass is 32.1. The number of amides is 20. The lowest BCUT2D eigenvalue weighted by atomic mass is 9.97. The standard InChI is InChI=1S/C76H124N30O26S4/c1-4-34(2)58(72(131)103-47(31-134)69(128)97-39(10-6-18-87-75(82)83)61(120)90-27-55(113)95-42(22-51(78)109)62(121)91-28-54(112)94-41(21-36-13-15-37(108)16-14-36)65(124)102-46(30-133)63(122)89-25-52(79)110)105-70(129)48(32-135)101-59(118)35(3)93-53(111)26-92-71(130)50-12-8-20-106(50)73(132)49(33-136)104-67(126)44(24-57(116)117)99-68(127)45(29-107)100-66(125)43(23-56(114)115)98-64(123)40(11-7-19-88-76(84)85)96-60(119)38(77)9-5-17-86-74(80)81/h13-16,34-35,38-50,58,107-108,133-136H,4-12,17-33,77H2,1-3H3,(H2,78,109)(H2,79,110)(H,89,122)(H,90,120)(H,91,121)(H,92,130)(H,93,111)(H,94,112)(H,95,113)(H,96,119)(H,97,128)(H,98,123)(H,99,127)(H,100,125)(H,101,118)(H,102,124)(H,103,131)(H,104,126)(H,105,129)(H,114,115)(H,116,117)(H4,80,81,86)(H4,82,83,87)(H4,84,85,88)/t34-,35-,38-,39-,40-,41-,42-,43-,44-,45-,46-,47-,48-,49-,50-,58-/m0/s1. The molecule has 60 heteroatoms. The predicted molar refractivity (Wildman–Crippen MR) is 494 cm³/mol. The zero-order valence-corrected chi connectivity index (χ0v) is 78.0. The molecule has 1 heterocycles. The smallest absolute Gasteiger partial charge is 0.305 e. The predicted octanol–water partition coefficient (Wildman–Crippen LogP) is -15.1. The Morgan fingerprint density at radius 2 is 0.779 bits per heavy atom. The molecular formula is C76H124N30O26S4. The van der Waals surface area contributed by atoms with Gasteiger partial charge in [0, 0.05) is 55.6 Å². The largest absolute Gasteiger partial charge is 0.508 e. The van der Waals surface area contributed by atoms with E-state index < -0.39 is 308 Å². The number of phenols is 1. The topological polar surface area (TPSA) is 928 Å². The summed E-state index contributed by atoms with van der Waals surface area (Å²) >= 11 is 16.7. The van der Waals surface area contributed by atoms with Crippen LogP contribution >= 0.6 is 50.5 Å². The number of hydrogen-bond donors (Lipinski definition) is 37. The minimum Gasteiger partial charge on any atom is -0.508 e. The summed E-state index contributed by atoms with van der Waals surface area (Å²) in [6, 6.07) is -18.7. The first kappa shape index (κ1) is 119. The fourth-order valence-corrected chi connectivity index (χ4v) is 13.5. The van der Waals surface area contributed by atoms with Gasteiger partial charge < -0.3 is 166 Å². The molecule has 1 saturated heterocycles. The van der Waals surface area contributed by atoms with Crippen molar-refractivity contribution in [2.45, 2.75) is 195 Å². The number of guanidine groups is 3.